The predicted molar refractivity (Wildman–Crippen MR) is 146 cm³/mol. The summed E-state index contributed by atoms with van der Waals surface area (Å²) < 4.78 is 76.7. The molecule has 0 bridgehead atoms. The molecule has 4 rings (SSSR count). The number of hydrogen-bond donors (Lipinski definition) is 2. The molecular weight excluding hydrogens is 549 g/mol. The van der Waals surface area contributed by atoms with Crippen molar-refractivity contribution < 1.29 is 36.0 Å². The Hall–Kier alpha value is -3.97. The van der Waals surface area contributed by atoms with E-state index < -0.39 is 44.8 Å². The van der Waals surface area contributed by atoms with Gasteiger partial charge in [0.15, 0.2) is 0 Å². The largest absolute Gasteiger partial charge is 0.456 e. The SMILES string of the molecule is CN(C)Oc1c(C(F)(F)F)c(C(=O)OC(C)(C)C)c2[nH]c(-c3ccccc3)c(-c3cccc(NS(C)(=O)=O)c3)n12. The molecular formula is C27H29F3N4O5S. The maximum atomic E-state index is 14.7. The fourth-order valence-electron chi connectivity index (χ4n) is 4.25. The highest BCUT2D eigenvalue weighted by Gasteiger charge is 2.46. The fourth-order valence-corrected chi connectivity index (χ4v) is 4.81. The molecule has 0 atom stereocenters. The minimum atomic E-state index is -5.01. The van der Waals surface area contributed by atoms with Crippen LogP contribution in [0.25, 0.3) is 28.2 Å². The van der Waals surface area contributed by atoms with E-state index in [9.17, 15) is 26.4 Å². The lowest BCUT2D eigenvalue weighted by atomic mass is 10.0. The number of aromatic amines is 1. The van der Waals surface area contributed by atoms with Crippen molar-refractivity contribution in [2.75, 3.05) is 25.1 Å². The summed E-state index contributed by atoms with van der Waals surface area (Å²) in [5.41, 5.74) is -1.62. The van der Waals surface area contributed by atoms with Crippen molar-refractivity contribution >= 4 is 27.3 Å². The molecule has 0 aliphatic heterocycles. The first-order chi connectivity index (χ1) is 18.5. The van der Waals surface area contributed by atoms with Crippen molar-refractivity contribution in [1.29, 1.82) is 0 Å². The first-order valence-corrected chi connectivity index (χ1v) is 14.0. The van der Waals surface area contributed by atoms with Gasteiger partial charge >= 0.3 is 12.1 Å². The predicted octanol–water partition coefficient (Wildman–Crippen LogP) is 5.80. The number of imidazole rings is 1. The number of nitrogens with one attached hydrogen (secondary N) is 2. The van der Waals surface area contributed by atoms with Crippen LogP contribution >= 0.6 is 0 Å². The Morgan fingerprint density at radius 2 is 1.62 bits per heavy atom. The van der Waals surface area contributed by atoms with E-state index in [0.717, 1.165) is 11.3 Å². The number of fused-ring (bicyclic) bond motifs is 1. The molecule has 0 unspecified atom stereocenters. The lowest BCUT2D eigenvalue weighted by molar-refractivity contribution is -0.142. The summed E-state index contributed by atoms with van der Waals surface area (Å²) in [6.07, 6.45) is -4.02. The van der Waals surface area contributed by atoms with Crippen LogP contribution < -0.4 is 9.56 Å². The normalized spacial score (nSPS) is 12.7. The number of benzene rings is 2. The smallest absolute Gasteiger partial charge is 0.422 e. The van der Waals surface area contributed by atoms with E-state index in [-0.39, 0.29) is 17.0 Å². The second-order valence-electron chi connectivity index (χ2n) is 10.3. The molecule has 0 radical (unpaired) electrons. The number of alkyl halides is 3. The maximum Gasteiger partial charge on any atom is 0.422 e. The number of hydroxylamine groups is 2. The van der Waals surface area contributed by atoms with Crippen molar-refractivity contribution in [3.05, 3.63) is 65.7 Å². The standard InChI is InChI=1S/C27H29F3N4O5S/c1-26(2,3)38-25(35)19-20(27(28,29)30)24(39-33(4)5)34-22(17-13-10-14-18(15-17)32-40(6,36)37)21(31-23(19)34)16-11-8-7-9-12-16/h7-15,31-32H,1-6H3. The van der Waals surface area contributed by atoms with Crippen LogP contribution in [0.1, 0.15) is 36.7 Å². The number of carbonyl (C=O) groups excluding carboxylic acids is 1. The van der Waals surface area contributed by atoms with Gasteiger partial charge in [0.25, 0.3) is 0 Å². The number of carbonyl (C=O) groups is 1. The van der Waals surface area contributed by atoms with E-state index >= 15 is 0 Å². The number of rotatable bonds is 7. The van der Waals surface area contributed by atoms with E-state index in [0.29, 0.717) is 16.8 Å². The Morgan fingerprint density at radius 3 is 2.17 bits per heavy atom. The van der Waals surface area contributed by atoms with Crippen molar-refractivity contribution in [2.24, 2.45) is 0 Å². The molecule has 0 saturated heterocycles. The molecule has 2 aromatic heterocycles. The molecule has 0 aliphatic carbocycles. The van der Waals surface area contributed by atoms with Gasteiger partial charge in [-0.15, -0.1) is 5.06 Å². The second kappa shape index (κ2) is 10.2. The molecule has 2 N–H and O–H groups in total. The van der Waals surface area contributed by atoms with Gasteiger partial charge in [-0.05, 0) is 32.9 Å². The third-order valence-corrected chi connectivity index (χ3v) is 6.09. The lowest BCUT2D eigenvalue weighted by Crippen LogP contribution is -2.26. The van der Waals surface area contributed by atoms with Gasteiger partial charge in [-0.1, -0.05) is 42.5 Å². The highest BCUT2D eigenvalue weighted by molar-refractivity contribution is 7.92. The van der Waals surface area contributed by atoms with Crippen LogP contribution in [0.3, 0.4) is 0 Å². The van der Waals surface area contributed by atoms with Crippen LogP contribution in [0.15, 0.2) is 54.6 Å². The van der Waals surface area contributed by atoms with Crippen molar-refractivity contribution in [1.82, 2.24) is 14.4 Å². The summed E-state index contributed by atoms with van der Waals surface area (Å²) in [5.74, 6) is -1.85. The van der Waals surface area contributed by atoms with E-state index in [1.165, 1.54) is 30.6 Å². The average molecular weight is 579 g/mol. The quantitative estimate of drug-likeness (QED) is 0.212. The van der Waals surface area contributed by atoms with Crippen LogP contribution in [0.5, 0.6) is 5.88 Å². The molecule has 214 valence electrons. The Bertz CT molecular complexity index is 1670. The maximum absolute atomic E-state index is 14.7. The van der Waals surface area contributed by atoms with Crippen molar-refractivity contribution in [3.63, 3.8) is 0 Å². The summed E-state index contributed by atoms with van der Waals surface area (Å²) >= 11 is 0. The van der Waals surface area contributed by atoms with Gasteiger partial charge in [0, 0.05) is 30.9 Å². The number of hydrogen-bond acceptors (Lipinski definition) is 6. The summed E-state index contributed by atoms with van der Waals surface area (Å²) in [7, 11) is -0.827. The number of nitrogens with zero attached hydrogens (tertiary/aromatic N) is 2. The number of anilines is 1. The number of halogens is 3. The molecule has 0 aliphatic rings. The summed E-state index contributed by atoms with van der Waals surface area (Å²) in [6.45, 7) is 4.66. The zero-order valence-electron chi connectivity index (χ0n) is 22.7. The van der Waals surface area contributed by atoms with E-state index in [2.05, 4.69) is 9.71 Å². The highest BCUT2D eigenvalue weighted by Crippen LogP contribution is 2.47. The summed E-state index contributed by atoms with van der Waals surface area (Å²) in [4.78, 5) is 22.0. The number of sulfonamides is 1. The van der Waals surface area contributed by atoms with Crippen molar-refractivity contribution in [3.8, 4) is 28.4 Å². The highest BCUT2D eigenvalue weighted by atomic mass is 32.2. The minimum absolute atomic E-state index is 0.194. The first kappa shape index (κ1) is 29.0. The fraction of sp³-hybridized carbons (Fsp3) is 0.296. The molecule has 13 heteroatoms. The zero-order chi connectivity index (χ0) is 29.6. The number of aromatic nitrogens is 2. The molecule has 40 heavy (non-hydrogen) atoms. The van der Waals surface area contributed by atoms with Crippen LogP contribution in [0.4, 0.5) is 18.9 Å². The second-order valence-corrected chi connectivity index (χ2v) is 12.1. The Morgan fingerprint density at radius 1 is 1.00 bits per heavy atom. The van der Waals surface area contributed by atoms with Gasteiger partial charge in [-0.25, -0.2) is 13.2 Å². The summed E-state index contributed by atoms with van der Waals surface area (Å²) in [6, 6.07) is 15.0. The van der Waals surface area contributed by atoms with Crippen LogP contribution in [0, 0.1) is 0 Å². The third kappa shape index (κ3) is 6.10. The van der Waals surface area contributed by atoms with Crippen LogP contribution in [-0.2, 0) is 20.9 Å². The topological polar surface area (TPSA) is 105 Å². The average Bonchev–Trinajstić information content (AvgIpc) is 3.32. The molecule has 0 saturated carbocycles. The van der Waals surface area contributed by atoms with Gasteiger partial charge in [-0.3, -0.25) is 9.12 Å². The number of ether oxygens (including phenoxy) is 1. The molecule has 2 heterocycles. The Labute approximate surface area is 229 Å². The van der Waals surface area contributed by atoms with Crippen LogP contribution in [0.2, 0.25) is 0 Å². The van der Waals surface area contributed by atoms with Gasteiger partial charge in [0.1, 0.15) is 22.4 Å². The van der Waals surface area contributed by atoms with Gasteiger partial charge in [0.05, 0.1) is 17.6 Å². The van der Waals surface area contributed by atoms with Gasteiger partial charge < -0.3 is 14.6 Å². The van der Waals surface area contributed by atoms with E-state index in [4.69, 9.17) is 9.57 Å². The molecule has 0 fully saturated rings. The third-order valence-electron chi connectivity index (χ3n) is 5.49. The zero-order valence-corrected chi connectivity index (χ0v) is 23.5. The van der Waals surface area contributed by atoms with Crippen molar-refractivity contribution in [2.45, 2.75) is 32.5 Å². The Balaban J connectivity index is 2.18. The number of esters is 1. The molecule has 9 nitrogen and oxygen atoms in total. The molecule has 4 aromatic rings. The first-order valence-electron chi connectivity index (χ1n) is 12.1. The minimum Gasteiger partial charge on any atom is -0.456 e. The lowest BCUT2D eigenvalue weighted by Gasteiger charge is -2.20. The molecule has 0 amide bonds. The van der Waals surface area contributed by atoms with E-state index in [1.54, 1.807) is 63.2 Å². The summed E-state index contributed by atoms with van der Waals surface area (Å²) in [5, 5.41) is 1.08. The monoisotopic (exact) mass is 578 g/mol. The molecule has 2 aromatic carbocycles. The van der Waals surface area contributed by atoms with Gasteiger partial charge in [-0.2, -0.15) is 13.2 Å². The van der Waals surface area contributed by atoms with E-state index in [1.807, 2.05) is 0 Å². The number of H-pyrrole nitrogens is 1. The Kier molecular flexibility index (Phi) is 7.41. The van der Waals surface area contributed by atoms with Crippen LogP contribution in [-0.4, -0.2) is 54.8 Å². The molecule has 0 spiro atoms. The van der Waals surface area contributed by atoms with Gasteiger partial charge in [0.2, 0.25) is 15.9 Å².